The molecule has 1 fully saturated rings. The molecule has 0 radical (unpaired) electrons. The van der Waals surface area contributed by atoms with Gasteiger partial charge in [-0.25, -0.2) is 0 Å². The lowest BCUT2D eigenvalue weighted by molar-refractivity contribution is -0.124. The molecule has 0 bridgehead atoms. The Kier molecular flexibility index (Phi) is 4.25. The lowest BCUT2D eigenvalue weighted by Crippen LogP contribution is -2.29. The predicted octanol–water partition coefficient (Wildman–Crippen LogP) is 2.15. The number of carbonyl (C=O) groups excluding carboxylic acids is 1. The van der Waals surface area contributed by atoms with Gasteiger partial charge in [-0.15, -0.1) is 0 Å². The number of ether oxygens (including phenoxy) is 1. The highest BCUT2D eigenvalue weighted by atomic mass is 32.2. The van der Waals surface area contributed by atoms with Crippen molar-refractivity contribution < 1.29 is 9.53 Å². The van der Waals surface area contributed by atoms with E-state index >= 15 is 0 Å². The summed E-state index contributed by atoms with van der Waals surface area (Å²) in [4.78, 5) is 17.9. The summed E-state index contributed by atoms with van der Waals surface area (Å²) in [6.07, 6.45) is 0. The van der Waals surface area contributed by atoms with Gasteiger partial charge in [-0.05, 0) is 24.6 Å². The summed E-state index contributed by atoms with van der Waals surface area (Å²) in [5.41, 5.74) is 1.08. The summed E-state index contributed by atoms with van der Waals surface area (Å²) in [6, 6.07) is 7.75. The van der Waals surface area contributed by atoms with Gasteiger partial charge in [0.15, 0.2) is 5.17 Å². The summed E-state index contributed by atoms with van der Waals surface area (Å²) >= 11 is 1.51. The van der Waals surface area contributed by atoms with E-state index in [1.807, 2.05) is 31.2 Å². The molecule has 0 saturated carbocycles. The highest BCUT2D eigenvalue weighted by molar-refractivity contribution is 8.15. The van der Waals surface area contributed by atoms with Crippen LogP contribution in [0, 0.1) is 0 Å². The van der Waals surface area contributed by atoms with E-state index in [1.54, 1.807) is 12.0 Å². The third-order valence-corrected chi connectivity index (χ3v) is 3.65. The molecule has 1 amide bonds. The summed E-state index contributed by atoms with van der Waals surface area (Å²) in [7, 11) is 1.64. The zero-order valence-electron chi connectivity index (χ0n) is 10.5. The highest BCUT2D eigenvalue weighted by Crippen LogP contribution is 2.22. The second-order valence-corrected chi connectivity index (χ2v) is 4.82. The van der Waals surface area contributed by atoms with Crippen molar-refractivity contribution in [1.29, 1.82) is 0 Å². The number of hydrogen-bond acceptors (Lipinski definition) is 4. The van der Waals surface area contributed by atoms with Gasteiger partial charge in [-0.2, -0.15) is 0 Å². The van der Waals surface area contributed by atoms with Crippen LogP contribution in [0.25, 0.3) is 0 Å². The number of nitrogens with zero attached hydrogens (tertiary/aromatic N) is 2. The molecular formula is C13H16N2O2S. The Balaban J connectivity index is 2.11. The number of amides is 1. The molecule has 0 atom stereocenters. The van der Waals surface area contributed by atoms with Crippen LogP contribution in [0.5, 0.6) is 5.75 Å². The first kappa shape index (κ1) is 13.0. The fraction of sp³-hybridized carbons (Fsp3) is 0.385. The van der Waals surface area contributed by atoms with Crippen molar-refractivity contribution in [2.24, 2.45) is 4.99 Å². The molecule has 2 rings (SSSR count). The second-order valence-electron chi connectivity index (χ2n) is 3.87. The van der Waals surface area contributed by atoms with E-state index in [9.17, 15) is 4.79 Å². The number of thioether (sulfide) groups is 1. The molecule has 5 heteroatoms. The van der Waals surface area contributed by atoms with Crippen LogP contribution in [0.4, 0.5) is 0 Å². The number of rotatable bonds is 4. The summed E-state index contributed by atoms with van der Waals surface area (Å²) in [5, 5.41) is 0.832. The molecule has 1 aliphatic rings. The first-order valence-corrected chi connectivity index (χ1v) is 6.83. The lowest BCUT2D eigenvalue weighted by Gasteiger charge is -2.16. The maximum Gasteiger partial charge on any atom is 0.239 e. The van der Waals surface area contributed by atoms with Crippen molar-refractivity contribution >= 4 is 22.8 Å². The lowest BCUT2D eigenvalue weighted by atomic mass is 10.2. The monoisotopic (exact) mass is 264 g/mol. The smallest absolute Gasteiger partial charge is 0.239 e. The first-order valence-electron chi connectivity index (χ1n) is 5.85. The Morgan fingerprint density at radius 3 is 2.72 bits per heavy atom. The van der Waals surface area contributed by atoms with Gasteiger partial charge in [0.1, 0.15) is 5.75 Å². The Hall–Kier alpha value is -1.49. The molecular weight excluding hydrogens is 248 g/mol. The zero-order valence-corrected chi connectivity index (χ0v) is 11.4. The van der Waals surface area contributed by atoms with Crippen LogP contribution in [0.3, 0.4) is 0 Å². The molecule has 18 heavy (non-hydrogen) atoms. The second kappa shape index (κ2) is 5.91. The SMILES string of the molecule is CCN=C1SCC(=O)N1Cc1ccc(OC)cc1. The average molecular weight is 264 g/mol. The fourth-order valence-electron chi connectivity index (χ4n) is 1.72. The van der Waals surface area contributed by atoms with Gasteiger partial charge in [-0.3, -0.25) is 14.7 Å². The Morgan fingerprint density at radius 1 is 1.39 bits per heavy atom. The van der Waals surface area contributed by atoms with Gasteiger partial charge < -0.3 is 4.74 Å². The van der Waals surface area contributed by atoms with Crippen LogP contribution in [-0.4, -0.2) is 35.4 Å². The van der Waals surface area contributed by atoms with Crippen LogP contribution >= 0.6 is 11.8 Å². The summed E-state index contributed by atoms with van der Waals surface area (Å²) in [6.45, 7) is 3.26. The molecule has 1 aliphatic heterocycles. The van der Waals surface area contributed by atoms with E-state index < -0.39 is 0 Å². The maximum atomic E-state index is 11.8. The molecule has 0 aliphatic carbocycles. The van der Waals surface area contributed by atoms with Gasteiger partial charge in [0, 0.05) is 6.54 Å². The van der Waals surface area contributed by atoms with Gasteiger partial charge in [0.2, 0.25) is 5.91 Å². The van der Waals surface area contributed by atoms with Crippen molar-refractivity contribution in [3.63, 3.8) is 0 Å². The first-order chi connectivity index (χ1) is 8.74. The van der Waals surface area contributed by atoms with E-state index in [-0.39, 0.29) is 5.91 Å². The van der Waals surface area contributed by atoms with Crippen LogP contribution in [0.2, 0.25) is 0 Å². The van der Waals surface area contributed by atoms with E-state index in [1.165, 1.54) is 11.8 Å². The van der Waals surface area contributed by atoms with Crippen LogP contribution in [0.15, 0.2) is 29.3 Å². The molecule has 1 heterocycles. The third kappa shape index (κ3) is 2.85. The minimum absolute atomic E-state index is 0.128. The largest absolute Gasteiger partial charge is 0.497 e. The summed E-state index contributed by atoms with van der Waals surface area (Å²) in [5.74, 6) is 1.45. The average Bonchev–Trinajstić information content (AvgIpc) is 2.73. The van der Waals surface area contributed by atoms with Crippen molar-refractivity contribution in [3.05, 3.63) is 29.8 Å². The number of aliphatic imine (C=N–C) groups is 1. The predicted molar refractivity (Wildman–Crippen MR) is 74.0 cm³/mol. The number of benzene rings is 1. The Labute approximate surface area is 111 Å². The van der Waals surface area contributed by atoms with Crippen molar-refractivity contribution in [2.45, 2.75) is 13.5 Å². The fourth-order valence-corrected chi connectivity index (χ4v) is 2.68. The van der Waals surface area contributed by atoms with Crippen molar-refractivity contribution in [1.82, 2.24) is 4.90 Å². The zero-order chi connectivity index (χ0) is 13.0. The normalized spacial score (nSPS) is 17.6. The maximum absolute atomic E-state index is 11.8. The van der Waals surface area contributed by atoms with E-state index in [2.05, 4.69) is 4.99 Å². The topological polar surface area (TPSA) is 41.9 Å². The van der Waals surface area contributed by atoms with Gasteiger partial charge >= 0.3 is 0 Å². The van der Waals surface area contributed by atoms with E-state index in [4.69, 9.17) is 4.74 Å². The molecule has 96 valence electrons. The van der Waals surface area contributed by atoms with Crippen molar-refractivity contribution in [3.8, 4) is 5.75 Å². The minimum atomic E-state index is 0.128. The third-order valence-electron chi connectivity index (χ3n) is 2.65. The number of carbonyl (C=O) groups is 1. The molecule has 1 aromatic carbocycles. The molecule has 1 saturated heterocycles. The molecule has 0 aromatic heterocycles. The van der Waals surface area contributed by atoms with Crippen LogP contribution < -0.4 is 4.74 Å². The number of amidine groups is 1. The van der Waals surface area contributed by atoms with Crippen LogP contribution in [0.1, 0.15) is 12.5 Å². The molecule has 1 aromatic rings. The van der Waals surface area contributed by atoms with Gasteiger partial charge in [0.25, 0.3) is 0 Å². The summed E-state index contributed by atoms with van der Waals surface area (Å²) < 4.78 is 5.11. The molecule has 0 N–H and O–H groups in total. The minimum Gasteiger partial charge on any atom is -0.497 e. The van der Waals surface area contributed by atoms with E-state index in [0.717, 1.165) is 16.5 Å². The molecule has 0 unspecified atom stereocenters. The van der Waals surface area contributed by atoms with Gasteiger partial charge in [-0.1, -0.05) is 23.9 Å². The molecule has 0 spiro atoms. The van der Waals surface area contributed by atoms with Gasteiger partial charge in [0.05, 0.1) is 19.4 Å². The van der Waals surface area contributed by atoms with Crippen LogP contribution in [-0.2, 0) is 11.3 Å². The Bertz CT molecular complexity index is 457. The number of methoxy groups -OCH3 is 1. The highest BCUT2D eigenvalue weighted by Gasteiger charge is 2.27. The number of hydrogen-bond donors (Lipinski definition) is 0. The molecule has 4 nitrogen and oxygen atoms in total. The van der Waals surface area contributed by atoms with E-state index in [0.29, 0.717) is 18.8 Å². The van der Waals surface area contributed by atoms with Crippen molar-refractivity contribution in [2.75, 3.05) is 19.4 Å². The quantitative estimate of drug-likeness (QED) is 0.836. The Morgan fingerprint density at radius 2 is 2.11 bits per heavy atom. The standard InChI is InChI=1S/C13H16N2O2S/c1-3-14-13-15(12(16)9-18-13)8-10-4-6-11(17-2)7-5-10/h4-7H,3,8-9H2,1-2H3.